The summed E-state index contributed by atoms with van der Waals surface area (Å²) in [5.41, 5.74) is 7.75. The average Bonchev–Trinajstić information content (AvgIpc) is 2.74. The highest BCUT2D eigenvalue weighted by atomic mass is 14.9. The molecule has 1 aliphatic carbocycles. The van der Waals surface area contributed by atoms with E-state index in [1.807, 2.05) is 0 Å². The lowest BCUT2D eigenvalue weighted by Crippen LogP contribution is -2.35. The van der Waals surface area contributed by atoms with Crippen molar-refractivity contribution in [3.8, 4) is 11.3 Å². The summed E-state index contributed by atoms with van der Waals surface area (Å²) in [6.07, 6.45) is 7.79. The monoisotopic (exact) mass is 387 g/mol. The third-order valence-corrected chi connectivity index (χ3v) is 6.73. The summed E-state index contributed by atoms with van der Waals surface area (Å²) >= 11 is 0. The minimum absolute atomic E-state index is 0.617. The highest BCUT2D eigenvalue weighted by Crippen LogP contribution is 2.36. The number of fused-ring (bicyclic) bond motifs is 1. The standard InChI is InChI=1S/C28H36N/c1-19(2)15-22-12-14-26-25(17-22)16-21(4)29(5)28(26)27-18-24(13-11-20(27)3)23-9-7-6-8-10-23/h11-14,16-19,23H,6-10,15H2,1-5H3/q+1/i16D. The molecule has 1 aliphatic rings. The van der Waals surface area contributed by atoms with Crippen molar-refractivity contribution in [3.63, 3.8) is 0 Å². The molecule has 0 bridgehead atoms. The van der Waals surface area contributed by atoms with Crippen molar-refractivity contribution in [2.45, 2.75) is 72.1 Å². The maximum absolute atomic E-state index is 8.80. The van der Waals surface area contributed by atoms with E-state index in [0.717, 1.165) is 17.5 Å². The number of pyridine rings is 1. The van der Waals surface area contributed by atoms with Crippen molar-refractivity contribution >= 4 is 10.8 Å². The van der Waals surface area contributed by atoms with E-state index in [9.17, 15) is 0 Å². The van der Waals surface area contributed by atoms with Gasteiger partial charge in [0.05, 0.1) is 6.76 Å². The zero-order valence-electron chi connectivity index (χ0n) is 19.8. The molecule has 0 unspecified atom stereocenters. The first-order valence-electron chi connectivity index (χ1n) is 11.9. The molecule has 0 aliphatic heterocycles. The average molecular weight is 388 g/mol. The molecule has 1 heteroatoms. The molecule has 0 spiro atoms. The second-order valence-corrected chi connectivity index (χ2v) is 9.51. The molecular formula is C28H36N+. The maximum Gasteiger partial charge on any atom is 0.220 e. The third-order valence-electron chi connectivity index (χ3n) is 6.73. The fraction of sp³-hybridized carbons (Fsp3) is 0.464. The Hall–Kier alpha value is -2.15. The van der Waals surface area contributed by atoms with Crippen molar-refractivity contribution in [2.24, 2.45) is 13.0 Å². The Morgan fingerprint density at radius 2 is 1.79 bits per heavy atom. The predicted molar refractivity (Wildman–Crippen MR) is 124 cm³/mol. The fourth-order valence-corrected chi connectivity index (χ4v) is 5.04. The Kier molecular flexibility index (Phi) is 5.40. The van der Waals surface area contributed by atoms with Gasteiger partial charge in [-0.25, -0.2) is 0 Å². The summed E-state index contributed by atoms with van der Waals surface area (Å²) in [7, 11) is 2.12. The second kappa shape index (κ2) is 8.30. The molecule has 1 heterocycles. The van der Waals surface area contributed by atoms with Crippen LogP contribution in [0.3, 0.4) is 0 Å². The summed E-state index contributed by atoms with van der Waals surface area (Å²) in [6.45, 7) is 8.82. The van der Waals surface area contributed by atoms with Gasteiger partial charge >= 0.3 is 0 Å². The van der Waals surface area contributed by atoms with Crippen LogP contribution in [-0.4, -0.2) is 0 Å². The van der Waals surface area contributed by atoms with Crippen LogP contribution in [0.4, 0.5) is 0 Å². The normalized spacial score (nSPS) is 15.9. The van der Waals surface area contributed by atoms with E-state index in [0.29, 0.717) is 17.9 Å². The van der Waals surface area contributed by atoms with E-state index in [1.54, 1.807) is 0 Å². The number of hydrogen-bond acceptors (Lipinski definition) is 0. The van der Waals surface area contributed by atoms with Gasteiger partial charge in [0.1, 0.15) is 7.05 Å². The van der Waals surface area contributed by atoms with Crippen LogP contribution in [-0.2, 0) is 13.5 Å². The van der Waals surface area contributed by atoms with E-state index >= 15 is 0 Å². The fourth-order valence-electron chi connectivity index (χ4n) is 5.04. The molecule has 1 aromatic heterocycles. The Morgan fingerprint density at radius 3 is 2.52 bits per heavy atom. The number of aryl methyl sites for hydroxylation is 1. The molecule has 1 nitrogen and oxygen atoms in total. The van der Waals surface area contributed by atoms with Crippen molar-refractivity contribution < 1.29 is 5.94 Å². The van der Waals surface area contributed by atoms with Gasteiger partial charge in [-0.2, -0.15) is 4.57 Å². The summed E-state index contributed by atoms with van der Waals surface area (Å²) < 4.78 is 11.0. The van der Waals surface area contributed by atoms with Crippen LogP contribution in [0.2, 0.25) is 0 Å². The summed E-state index contributed by atoms with van der Waals surface area (Å²) in [6, 6.07) is 14.5. The maximum atomic E-state index is 8.80. The molecule has 0 radical (unpaired) electrons. The summed E-state index contributed by atoms with van der Waals surface area (Å²) in [5.74, 6) is 1.32. The molecule has 29 heavy (non-hydrogen) atoms. The van der Waals surface area contributed by atoms with Crippen LogP contribution in [0, 0.1) is 19.8 Å². The van der Waals surface area contributed by atoms with E-state index in [1.165, 1.54) is 65.4 Å². The van der Waals surface area contributed by atoms with E-state index in [2.05, 4.69) is 75.7 Å². The first kappa shape index (κ1) is 18.9. The Labute approximate surface area is 178 Å². The quantitative estimate of drug-likeness (QED) is 0.417. The number of nitrogens with zero attached hydrogens (tertiary/aromatic N) is 1. The lowest BCUT2D eigenvalue weighted by molar-refractivity contribution is -0.665. The Balaban J connectivity index is 1.92. The molecule has 0 N–H and O–H groups in total. The topological polar surface area (TPSA) is 3.88 Å². The van der Waals surface area contributed by atoms with Gasteiger partial charge in [0, 0.05) is 18.5 Å². The van der Waals surface area contributed by atoms with Crippen LogP contribution in [0.25, 0.3) is 22.0 Å². The molecule has 0 amide bonds. The minimum atomic E-state index is 0.617. The predicted octanol–water partition coefficient (Wildman–Crippen LogP) is 7.19. The molecule has 4 rings (SSSR count). The molecule has 0 saturated heterocycles. The summed E-state index contributed by atoms with van der Waals surface area (Å²) in [5, 5.41) is 2.28. The highest BCUT2D eigenvalue weighted by molar-refractivity contribution is 5.94. The Bertz CT molecular complexity index is 1070. The molecule has 1 saturated carbocycles. The van der Waals surface area contributed by atoms with Crippen LogP contribution in [0.1, 0.15) is 75.6 Å². The SMILES string of the molecule is [2H]c1c(C)[n+](C)c(-c2cc(C3CCCCC3)ccc2C)c2ccc(CC(C)C)cc12. The van der Waals surface area contributed by atoms with Gasteiger partial charge in [0.15, 0.2) is 5.69 Å². The van der Waals surface area contributed by atoms with Crippen LogP contribution >= 0.6 is 0 Å². The van der Waals surface area contributed by atoms with Crippen LogP contribution in [0.5, 0.6) is 0 Å². The Morgan fingerprint density at radius 1 is 1.03 bits per heavy atom. The van der Waals surface area contributed by atoms with Gasteiger partial charge in [0.25, 0.3) is 0 Å². The first-order valence-corrected chi connectivity index (χ1v) is 11.4. The van der Waals surface area contributed by atoms with Gasteiger partial charge in [0.2, 0.25) is 5.69 Å². The lowest BCUT2D eigenvalue weighted by atomic mass is 9.82. The van der Waals surface area contributed by atoms with E-state index in [4.69, 9.17) is 1.37 Å². The van der Waals surface area contributed by atoms with Crippen LogP contribution < -0.4 is 4.57 Å². The molecule has 3 aromatic rings. The van der Waals surface area contributed by atoms with Crippen molar-refractivity contribution in [3.05, 3.63) is 64.8 Å². The number of hydrogen-bond donors (Lipinski definition) is 0. The van der Waals surface area contributed by atoms with Gasteiger partial charge in [-0.15, -0.1) is 0 Å². The number of aromatic nitrogens is 1. The van der Waals surface area contributed by atoms with Crippen molar-refractivity contribution in [2.75, 3.05) is 0 Å². The second-order valence-electron chi connectivity index (χ2n) is 9.51. The zero-order valence-corrected chi connectivity index (χ0v) is 18.8. The van der Waals surface area contributed by atoms with E-state index < -0.39 is 0 Å². The summed E-state index contributed by atoms with van der Waals surface area (Å²) in [4.78, 5) is 0. The molecule has 152 valence electrons. The van der Waals surface area contributed by atoms with E-state index in [-0.39, 0.29) is 0 Å². The number of rotatable bonds is 4. The third kappa shape index (κ3) is 4.10. The molecule has 2 aromatic carbocycles. The lowest BCUT2D eigenvalue weighted by Gasteiger charge is -2.23. The largest absolute Gasteiger partial charge is 0.220 e. The van der Waals surface area contributed by atoms with Gasteiger partial charge in [-0.3, -0.25) is 0 Å². The van der Waals surface area contributed by atoms with Crippen molar-refractivity contribution in [1.29, 1.82) is 0 Å². The zero-order chi connectivity index (χ0) is 21.4. The van der Waals surface area contributed by atoms with Gasteiger partial charge in [-0.05, 0) is 72.2 Å². The van der Waals surface area contributed by atoms with Gasteiger partial charge < -0.3 is 0 Å². The van der Waals surface area contributed by atoms with Crippen LogP contribution in [0.15, 0.2) is 42.4 Å². The number of benzene rings is 2. The minimum Gasteiger partial charge on any atom is -0.198 e. The molecular weight excluding hydrogens is 350 g/mol. The highest BCUT2D eigenvalue weighted by Gasteiger charge is 2.22. The molecule has 1 fully saturated rings. The first-order chi connectivity index (χ1) is 14.4. The smallest absolute Gasteiger partial charge is 0.198 e. The van der Waals surface area contributed by atoms with Gasteiger partial charge in [-0.1, -0.05) is 57.4 Å². The molecule has 0 atom stereocenters. The van der Waals surface area contributed by atoms with Crippen molar-refractivity contribution in [1.82, 2.24) is 0 Å².